The fourth-order valence-electron chi connectivity index (χ4n) is 1.25. The molecule has 0 amide bonds. The number of carbonyl (C=O) groups excluding carboxylic acids is 1. The van der Waals surface area contributed by atoms with E-state index >= 15 is 0 Å². The molecule has 0 saturated heterocycles. The molecule has 0 rings (SSSR count). The normalized spacial score (nSPS) is 10.4. The van der Waals surface area contributed by atoms with E-state index in [1.807, 2.05) is 0 Å². The van der Waals surface area contributed by atoms with Crippen LogP contribution < -0.4 is 5.32 Å². The van der Waals surface area contributed by atoms with Crippen LogP contribution in [0.2, 0.25) is 0 Å². The van der Waals surface area contributed by atoms with E-state index < -0.39 is 5.97 Å². The van der Waals surface area contributed by atoms with Crippen molar-refractivity contribution < 1.29 is 9.53 Å². The van der Waals surface area contributed by atoms with Crippen LogP contribution in [-0.2, 0) is 9.53 Å². The Morgan fingerprint density at radius 2 is 2.00 bits per heavy atom. The van der Waals surface area contributed by atoms with E-state index in [4.69, 9.17) is 5.41 Å². The number of methoxy groups -OCH3 is 1. The lowest BCUT2D eigenvalue weighted by molar-refractivity contribution is -0.135. The third kappa shape index (κ3) is 3.38. The molecule has 0 aliphatic rings. The molecule has 0 fully saturated rings. The van der Waals surface area contributed by atoms with Gasteiger partial charge in [-0.2, -0.15) is 0 Å². The smallest absolute Gasteiger partial charge is 0.338 e. The van der Waals surface area contributed by atoms with Crippen molar-refractivity contribution in [3.63, 3.8) is 0 Å². The van der Waals surface area contributed by atoms with Crippen LogP contribution in [0.1, 0.15) is 13.8 Å². The summed E-state index contributed by atoms with van der Waals surface area (Å²) in [7, 11) is 3.04. The summed E-state index contributed by atoms with van der Waals surface area (Å²) in [6, 6.07) is 0. The van der Waals surface area contributed by atoms with Crippen LogP contribution in [0.15, 0.2) is 35.1 Å². The minimum absolute atomic E-state index is 0.410. The molecule has 4 heteroatoms. The molecule has 0 radical (unpaired) electrons. The standard InChI is InChI=1S/C12H18N2O2/c1-8(2)11(12(15)16-5)9(3)10(6-13)7-14-4/h6-7,13-14H,3H2,1-2,4-5H3/b10-7+,13-6?. The number of nitrogens with one attached hydrogen (secondary N) is 2. The Labute approximate surface area is 96.2 Å². The average molecular weight is 222 g/mol. The monoisotopic (exact) mass is 222 g/mol. The summed E-state index contributed by atoms with van der Waals surface area (Å²) in [6.07, 6.45) is 2.76. The predicted molar refractivity (Wildman–Crippen MR) is 65.5 cm³/mol. The van der Waals surface area contributed by atoms with Gasteiger partial charge in [-0.1, -0.05) is 12.2 Å². The molecule has 0 atom stereocenters. The van der Waals surface area contributed by atoms with Gasteiger partial charge in [0.25, 0.3) is 0 Å². The zero-order valence-corrected chi connectivity index (χ0v) is 10.2. The van der Waals surface area contributed by atoms with E-state index in [1.54, 1.807) is 27.1 Å². The fourth-order valence-corrected chi connectivity index (χ4v) is 1.25. The summed E-state index contributed by atoms with van der Waals surface area (Å²) in [6.45, 7) is 7.42. The highest BCUT2D eigenvalue weighted by Gasteiger charge is 2.17. The summed E-state index contributed by atoms with van der Waals surface area (Å²) in [5.41, 5.74) is 2.24. The molecular weight excluding hydrogens is 204 g/mol. The van der Waals surface area contributed by atoms with Crippen molar-refractivity contribution in [3.05, 3.63) is 35.1 Å². The lowest BCUT2D eigenvalue weighted by Gasteiger charge is -2.11. The molecule has 4 nitrogen and oxygen atoms in total. The van der Waals surface area contributed by atoms with E-state index in [9.17, 15) is 4.79 Å². The van der Waals surface area contributed by atoms with Crippen LogP contribution in [0.3, 0.4) is 0 Å². The van der Waals surface area contributed by atoms with E-state index in [1.165, 1.54) is 7.11 Å². The third-order valence-corrected chi connectivity index (χ3v) is 2.00. The van der Waals surface area contributed by atoms with Gasteiger partial charge in [0.1, 0.15) is 0 Å². The van der Waals surface area contributed by atoms with Crippen LogP contribution in [0.5, 0.6) is 0 Å². The Morgan fingerprint density at radius 3 is 2.31 bits per heavy atom. The Kier molecular flexibility index (Phi) is 5.85. The van der Waals surface area contributed by atoms with E-state index in [-0.39, 0.29) is 0 Å². The molecule has 0 aliphatic carbocycles. The van der Waals surface area contributed by atoms with Crippen LogP contribution in [0, 0.1) is 5.41 Å². The molecule has 88 valence electrons. The molecule has 0 aromatic rings. The number of allylic oxidation sites excluding steroid dienone is 2. The summed E-state index contributed by atoms with van der Waals surface area (Å²) in [5.74, 6) is -0.436. The van der Waals surface area contributed by atoms with Gasteiger partial charge in [-0.05, 0) is 19.4 Å². The Bertz CT molecular complexity index is 361. The maximum absolute atomic E-state index is 11.6. The molecule has 0 aliphatic heterocycles. The maximum Gasteiger partial charge on any atom is 0.338 e. The van der Waals surface area contributed by atoms with Gasteiger partial charge in [0.05, 0.1) is 12.7 Å². The zero-order valence-electron chi connectivity index (χ0n) is 10.2. The molecule has 0 saturated carbocycles. The second-order valence-corrected chi connectivity index (χ2v) is 3.38. The Morgan fingerprint density at radius 1 is 1.44 bits per heavy atom. The van der Waals surface area contributed by atoms with Gasteiger partial charge in [0.2, 0.25) is 0 Å². The van der Waals surface area contributed by atoms with Crippen LogP contribution >= 0.6 is 0 Å². The van der Waals surface area contributed by atoms with Gasteiger partial charge in [0, 0.05) is 25.0 Å². The van der Waals surface area contributed by atoms with Crippen molar-refractivity contribution in [2.75, 3.05) is 14.2 Å². The molecule has 0 unspecified atom stereocenters. The van der Waals surface area contributed by atoms with Gasteiger partial charge < -0.3 is 15.5 Å². The molecule has 0 bridgehead atoms. The van der Waals surface area contributed by atoms with E-state index in [2.05, 4.69) is 16.6 Å². The van der Waals surface area contributed by atoms with Gasteiger partial charge in [0.15, 0.2) is 0 Å². The minimum atomic E-state index is -0.436. The quantitative estimate of drug-likeness (QED) is 0.323. The highest BCUT2D eigenvalue weighted by molar-refractivity contribution is 5.99. The van der Waals surface area contributed by atoms with Gasteiger partial charge in [-0.15, -0.1) is 0 Å². The van der Waals surface area contributed by atoms with Crippen molar-refractivity contribution in [2.45, 2.75) is 13.8 Å². The lowest BCUT2D eigenvalue weighted by atomic mass is 9.97. The number of carbonyl (C=O) groups is 1. The first-order chi connectivity index (χ1) is 7.49. The highest BCUT2D eigenvalue weighted by atomic mass is 16.5. The molecule has 2 N–H and O–H groups in total. The number of ether oxygens (including phenoxy) is 1. The number of hydrogen-bond donors (Lipinski definition) is 2. The summed E-state index contributed by atoms with van der Waals surface area (Å²) >= 11 is 0. The van der Waals surface area contributed by atoms with Gasteiger partial charge in [-0.3, -0.25) is 0 Å². The van der Waals surface area contributed by atoms with Crippen molar-refractivity contribution in [3.8, 4) is 0 Å². The van der Waals surface area contributed by atoms with Crippen LogP contribution in [0.4, 0.5) is 0 Å². The minimum Gasteiger partial charge on any atom is -0.465 e. The SMILES string of the molecule is C=C(C(C(=O)OC)=C(C)C)/C(C=N)=C/NC. The Hall–Kier alpha value is -1.84. The van der Waals surface area contributed by atoms with E-state index in [0.717, 1.165) is 11.8 Å². The number of rotatable bonds is 5. The summed E-state index contributed by atoms with van der Waals surface area (Å²) in [4.78, 5) is 11.6. The largest absolute Gasteiger partial charge is 0.465 e. The van der Waals surface area contributed by atoms with Crippen molar-refractivity contribution in [1.82, 2.24) is 5.32 Å². The van der Waals surface area contributed by atoms with Crippen molar-refractivity contribution in [2.24, 2.45) is 0 Å². The molecule has 0 aromatic carbocycles. The molecule has 0 spiro atoms. The average Bonchev–Trinajstić information content (AvgIpc) is 2.24. The summed E-state index contributed by atoms with van der Waals surface area (Å²) in [5, 5.41) is 10.1. The highest BCUT2D eigenvalue weighted by Crippen LogP contribution is 2.20. The first-order valence-corrected chi connectivity index (χ1v) is 4.82. The first-order valence-electron chi connectivity index (χ1n) is 4.82. The molecular formula is C12H18N2O2. The van der Waals surface area contributed by atoms with Gasteiger partial charge in [-0.25, -0.2) is 4.79 Å². The van der Waals surface area contributed by atoms with Crippen LogP contribution in [-0.4, -0.2) is 26.3 Å². The van der Waals surface area contributed by atoms with Crippen LogP contribution in [0.25, 0.3) is 0 Å². The topological polar surface area (TPSA) is 62.2 Å². The first kappa shape index (κ1) is 14.2. The van der Waals surface area contributed by atoms with Crippen molar-refractivity contribution >= 4 is 12.2 Å². The summed E-state index contributed by atoms with van der Waals surface area (Å²) < 4.78 is 4.69. The molecule has 0 heterocycles. The van der Waals surface area contributed by atoms with E-state index in [0.29, 0.717) is 16.7 Å². The zero-order chi connectivity index (χ0) is 12.7. The van der Waals surface area contributed by atoms with Crippen molar-refractivity contribution in [1.29, 1.82) is 5.41 Å². The van der Waals surface area contributed by atoms with Gasteiger partial charge >= 0.3 is 5.97 Å². The second-order valence-electron chi connectivity index (χ2n) is 3.38. The fraction of sp³-hybridized carbons (Fsp3) is 0.333. The third-order valence-electron chi connectivity index (χ3n) is 2.00. The number of hydrogen-bond acceptors (Lipinski definition) is 4. The lowest BCUT2D eigenvalue weighted by Crippen LogP contribution is -2.11. The molecule has 16 heavy (non-hydrogen) atoms. The second kappa shape index (κ2) is 6.61. The molecule has 0 aromatic heterocycles. The Balaban J connectivity index is 5.36. The number of esters is 1. The maximum atomic E-state index is 11.6. The predicted octanol–water partition coefficient (Wildman–Crippen LogP) is 1.80.